The van der Waals surface area contributed by atoms with Gasteiger partial charge >= 0.3 is 0 Å². The lowest BCUT2D eigenvalue weighted by Crippen LogP contribution is -2.26. The molecule has 0 bridgehead atoms. The normalized spacial score (nSPS) is 11.9. The van der Waals surface area contributed by atoms with Gasteiger partial charge in [-0.2, -0.15) is 0 Å². The van der Waals surface area contributed by atoms with Crippen molar-refractivity contribution in [1.82, 2.24) is 0 Å². The van der Waals surface area contributed by atoms with Crippen molar-refractivity contribution in [3.05, 3.63) is 54.6 Å². The molecule has 118 valence electrons. The maximum atomic E-state index is 12.3. The van der Waals surface area contributed by atoms with Gasteiger partial charge in [0.1, 0.15) is 0 Å². The highest BCUT2D eigenvalue weighted by Gasteiger charge is 2.20. The summed E-state index contributed by atoms with van der Waals surface area (Å²) in [5.74, 6) is 0. The van der Waals surface area contributed by atoms with Crippen LogP contribution >= 0.6 is 0 Å². The summed E-state index contributed by atoms with van der Waals surface area (Å²) in [4.78, 5) is 0.104. The van der Waals surface area contributed by atoms with E-state index in [9.17, 15) is 16.8 Å². The molecule has 0 spiro atoms. The minimum atomic E-state index is -3.79. The third-order valence-corrected chi connectivity index (χ3v) is 5.61. The summed E-state index contributed by atoms with van der Waals surface area (Å²) in [6.07, 6.45) is 1.05. The van der Waals surface area contributed by atoms with E-state index in [2.05, 4.69) is 4.72 Å². The number of benzene rings is 2. The topological polar surface area (TPSA) is 83.6 Å². The van der Waals surface area contributed by atoms with Crippen molar-refractivity contribution in [2.24, 2.45) is 0 Å². The van der Waals surface area contributed by atoms with Crippen LogP contribution in [0.1, 0.15) is 0 Å². The lowest BCUT2D eigenvalue weighted by Gasteiger charge is -2.20. The molecule has 0 aliphatic heterocycles. The molecule has 2 aromatic carbocycles. The van der Waals surface area contributed by atoms with E-state index in [1.165, 1.54) is 31.3 Å². The molecule has 22 heavy (non-hydrogen) atoms. The van der Waals surface area contributed by atoms with E-state index in [-0.39, 0.29) is 16.3 Å². The minimum Gasteiger partial charge on any atom is -0.277 e. The zero-order valence-corrected chi connectivity index (χ0v) is 13.7. The second-order valence-electron chi connectivity index (χ2n) is 4.67. The van der Waals surface area contributed by atoms with Crippen molar-refractivity contribution in [1.29, 1.82) is 0 Å². The first kappa shape index (κ1) is 16.3. The van der Waals surface area contributed by atoms with Crippen LogP contribution < -0.4 is 9.03 Å². The van der Waals surface area contributed by atoms with Crippen LogP contribution in [0.3, 0.4) is 0 Å². The first-order valence-electron chi connectivity index (χ1n) is 6.32. The average Bonchev–Trinajstić information content (AvgIpc) is 2.47. The number of anilines is 2. The number of hydrogen-bond acceptors (Lipinski definition) is 4. The van der Waals surface area contributed by atoms with E-state index < -0.39 is 20.0 Å². The van der Waals surface area contributed by atoms with E-state index >= 15 is 0 Å². The minimum absolute atomic E-state index is 0.104. The fourth-order valence-corrected chi connectivity index (χ4v) is 3.43. The Kier molecular flexibility index (Phi) is 4.43. The highest BCUT2D eigenvalue weighted by molar-refractivity contribution is 7.93. The van der Waals surface area contributed by atoms with Crippen molar-refractivity contribution >= 4 is 31.4 Å². The van der Waals surface area contributed by atoms with Crippen molar-refractivity contribution < 1.29 is 16.8 Å². The summed E-state index contributed by atoms with van der Waals surface area (Å²) < 4.78 is 51.5. The molecule has 0 aliphatic carbocycles. The molecular weight excluding hydrogens is 324 g/mol. The van der Waals surface area contributed by atoms with Gasteiger partial charge in [0.25, 0.3) is 10.0 Å². The molecule has 1 N–H and O–H groups in total. The number of sulfonamides is 2. The number of rotatable bonds is 5. The molecule has 0 aromatic heterocycles. The quantitative estimate of drug-likeness (QED) is 0.901. The summed E-state index contributed by atoms with van der Waals surface area (Å²) in [6, 6.07) is 14.2. The SMILES string of the molecule is CN(c1ccccc1NS(=O)(=O)c1ccccc1)S(C)(=O)=O. The van der Waals surface area contributed by atoms with Gasteiger partial charge in [-0.1, -0.05) is 30.3 Å². The molecule has 0 saturated heterocycles. The molecule has 0 amide bonds. The summed E-state index contributed by atoms with van der Waals surface area (Å²) in [7, 11) is -5.92. The van der Waals surface area contributed by atoms with Gasteiger partial charge < -0.3 is 0 Å². The van der Waals surface area contributed by atoms with Gasteiger partial charge in [0.05, 0.1) is 22.5 Å². The van der Waals surface area contributed by atoms with Gasteiger partial charge in [0.15, 0.2) is 0 Å². The molecule has 0 unspecified atom stereocenters. The Morgan fingerprint density at radius 1 is 0.864 bits per heavy atom. The average molecular weight is 340 g/mol. The van der Waals surface area contributed by atoms with E-state index in [1.54, 1.807) is 30.3 Å². The van der Waals surface area contributed by atoms with Crippen molar-refractivity contribution in [2.75, 3.05) is 22.3 Å². The maximum absolute atomic E-state index is 12.3. The van der Waals surface area contributed by atoms with Gasteiger partial charge in [0.2, 0.25) is 10.0 Å². The zero-order chi connectivity index (χ0) is 16.4. The molecule has 0 saturated carbocycles. The summed E-state index contributed by atoms with van der Waals surface area (Å²) >= 11 is 0. The van der Waals surface area contributed by atoms with E-state index in [1.807, 2.05) is 0 Å². The second kappa shape index (κ2) is 5.98. The Morgan fingerprint density at radius 3 is 2.00 bits per heavy atom. The zero-order valence-electron chi connectivity index (χ0n) is 12.1. The number of nitrogens with one attached hydrogen (secondary N) is 1. The summed E-state index contributed by atoms with van der Waals surface area (Å²) in [5.41, 5.74) is 0.448. The Morgan fingerprint density at radius 2 is 1.41 bits per heavy atom. The third-order valence-electron chi connectivity index (χ3n) is 3.04. The summed E-state index contributed by atoms with van der Waals surface area (Å²) in [5, 5.41) is 0. The number of para-hydroxylation sites is 2. The predicted octanol–water partition coefficient (Wildman–Crippen LogP) is 1.88. The highest BCUT2D eigenvalue weighted by Crippen LogP contribution is 2.28. The fraction of sp³-hybridized carbons (Fsp3) is 0.143. The van der Waals surface area contributed by atoms with Crippen LogP contribution in [0.15, 0.2) is 59.5 Å². The maximum Gasteiger partial charge on any atom is 0.261 e. The first-order valence-corrected chi connectivity index (χ1v) is 9.66. The Balaban J connectivity index is 2.44. The van der Waals surface area contributed by atoms with Crippen molar-refractivity contribution in [2.45, 2.75) is 4.90 Å². The van der Waals surface area contributed by atoms with Crippen LogP contribution in [0.5, 0.6) is 0 Å². The molecule has 0 atom stereocenters. The molecule has 2 rings (SSSR count). The smallest absolute Gasteiger partial charge is 0.261 e. The van der Waals surface area contributed by atoms with E-state index in [0.717, 1.165) is 10.6 Å². The van der Waals surface area contributed by atoms with Crippen LogP contribution in [-0.4, -0.2) is 30.1 Å². The van der Waals surface area contributed by atoms with Crippen LogP contribution in [0, 0.1) is 0 Å². The van der Waals surface area contributed by atoms with Crippen LogP contribution in [0.25, 0.3) is 0 Å². The largest absolute Gasteiger partial charge is 0.277 e. The highest BCUT2D eigenvalue weighted by atomic mass is 32.2. The summed E-state index contributed by atoms with van der Waals surface area (Å²) in [6.45, 7) is 0. The molecular formula is C14H16N2O4S2. The molecule has 0 heterocycles. The van der Waals surface area contributed by atoms with Crippen molar-refractivity contribution in [3.63, 3.8) is 0 Å². The van der Waals surface area contributed by atoms with Crippen LogP contribution in [0.4, 0.5) is 11.4 Å². The van der Waals surface area contributed by atoms with Crippen molar-refractivity contribution in [3.8, 4) is 0 Å². The molecule has 8 heteroatoms. The molecule has 0 fully saturated rings. The van der Waals surface area contributed by atoms with Crippen LogP contribution in [0.2, 0.25) is 0 Å². The molecule has 2 aromatic rings. The van der Waals surface area contributed by atoms with Gasteiger partial charge in [-0.25, -0.2) is 16.8 Å². The van der Waals surface area contributed by atoms with E-state index in [4.69, 9.17) is 0 Å². The predicted molar refractivity (Wildman–Crippen MR) is 86.9 cm³/mol. The first-order chi connectivity index (χ1) is 10.2. The Labute approximate surface area is 130 Å². The number of hydrogen-bond donors (Lipinski definition) is 1. The van der Waals surface area contributed by atoms with Gasteiger partial charge in [-0.15, -0.1) is 0 Å². The second-order valence-corrected chi connectivity index (χ2v) is 8.36. The fourth-order valence-electron chi connectivity index (χ4n) is 1.82. The standard InChI is InChI=1S/C14H16N2O4S2/c1-16(21(2,17)18)14-11-7-6-10-13(14)15-22(19,20)12-8-4-3-5-9-12/h3-11,15H,1-2H3. The Bertz CT molecular complexity index is 863. The molecule has 6 nitrogen and oxygen atoms in total. The van der Waals surface area contributed by atoms with Gasteiger partial charge in [-0.05, 0) is 24.3 Å². The van der Waals surface area contributed by atoms with Crippen LogP contribution in [-0.2, 0) is 20.0 Å². The lowest BCUT2D eigenvalue weighted by atomic mass is 10.3. The Hall–Kier alpha value is -2.06. The monoisotopic (exact) mass is 340 g/mol. The van der Waals surface area contributed by atoms with Gasteiger partial charge in [0, 0.05) is 7.05 Å². The molecule has 0 radical (unpaired) electrons. The third kappa shape index (κ3) is 3.58. The van der Waals surface area contributed by atoms with Gasteiger partial charge in [-0.3, -0.25) is 9.03 Å². The molecule has 0 aliphatic rings. The lowest BCUT2D eigenvalue weighted by molar-refractivity contribution is 0.598. The van der Waals surface area contributed by atoms with E-state index in [0.29, 0.717) is 0 Å². The number of nitrogens with zero attached hydrogens (tertiary/aromatic N) is 1.